The fourth-order valence-corrected chi connectivity index (χ4v) is 3.35. The standard InChI is InChI=1S/C20H25NO4/c1-14-5-4-10-21(12-14)13-16-8-6-15(7-9-16)11-17-18(22)24-20(2,3)25-19(17)23/h6-9,11,14H,4-5,10,12-13H2,1-3H3. The van der Waals surface area contributed by atoms with Gasteiger partial charge in [0.15, 0.2) is 0 Å². The Morgan fingerprint density at radius 2 is 1.80 bits per heavy atom. The quantitative estimate of drug-likeness (QED) is 0.479. The molecule has 0 amide bonds. The zero-order valence-corrected chi connectivity index (χ0v) is 15.1. The van der Waals surface area contributed by atoms with Gasteiger partial charge < -0.3 is 9.47 Å². The molecule has 2 fully saturated rings. The molecule has 0 aliphatic carbocycles. The largest absolute Gasteiger partial charge is 0.419 e. The second-order valence-corrected chi connectivity index (χ2v) is 7.46. The van der Waals surface area contributed by atoms with Gasteiger partial charge in [0.1, 0.15) is 5.57 Å². The van der Waals surface area contributed by atoms with Gasteiger partial charge >= 0.3 is 11.9 Å². The third-order valence-electron chi connectivity index (χ3n) is 4.55. The molecule has 3 rings (SSSR count). The van der Waals surface area contributed by atoms with Crippen molar-refractivity contribution < 1.29 is 19.1 Å². The number of benzene rings is 1. The summed E-state index contributed by atoms with van der Waals surface area (Å²) in [5.41, 5.74) is 1.93. The number of carbonyl (C=O) groups is 2. The summed E-state index contributed by atoms with van der Waals surface area (Å²) in [5, 5.41) is 0. The first kappa shape index (κ1) is 17.7. The van der Waals surface area contributed by atoms with Gasteiger partial charge in [-0.1, -0.05) is 31.2 Å². The van der Waals surface area contributed by atoms with Crippen LogP contribution in [0.3, 0.4) is 0 Å². The molecule has 25 heavy (non-hydrogen) atoms. The molecule has 2 heterocycles. The highest BCUT2D eigenvalue weighted by Crippen LogP contribution is 2.24. The highest BCUT2D eigenvalue weighted by atomic mass is 16.7. The molecule has 5 heteroatoms. The molecule has 1 atom stereocenters. The van der Waals surface area contributed by atoms with E-state index in [0.29, 0.717) is 0 Å². The topological polar surface area (TPSA) is 55.8 Å². The fourth-order valence-electron chi connectivity index (χ4n) is 3.35. The summed E-state index contributed by atoms with van der Waals surface area (Å²) in [5.74, 6) is -1.74. The Balaban J connectivity index is 1.68. The van der Waals surface area contributed by atoms with E-state index in [4.69, 9.17) is 9.47 Å². The highest BCUT2D eigenvalue weighted by Gasteiger charge is 2.38. The molecule has 2 aliphatic heterocycles. The van der Waals surface area contributed by atoms with Crippen LogP contribution in [-0.4, -0.2) is 35.7 Å². The maximum absolute atomic E-state index is 12.0. The van der Waals surface area contributed by atoms with Crippen molar-refractivity contribution in [2.45, 2.75) is 45.9 Å². The van der Waals surface area contributed by atoms with Crippen molar-refractivity contribution in [2.75, 3.05) is 13.1 Å². The van der Waals surface area contributed by atoms with E-state index >= 15 is 0 Å². The second kappa shape index (κ2) is 7.00. The van der Waals surface area contributed by atoms with Gasteiger partial charge in [0, 0.05) is 26.9 Å². The predicted molar refractivity (Wildman–Crippen MR) is 94.4 cm³/mol. The SMILES string of the molecule is CC1CCCN(Cc2ccc(C=C3C(=O)OC(C)(C)OC3=O)cc2)C1. The normalized spacial score (nSPS) is 23.8. The Morgan fingerprint density at radius 1 is 1.16 bits per heavy atom. The molecule has 0 saturated carbocycles. The van der Waals surface area contributed by atoms with Crippen LogP contribution in [-0.2, 0) is 25.6 Å². The van der Waals surface area contributed by atoms with E-state index in [0.717, 1.165) is 31.1 Å². The van der Waals surface area contributed by atoms with Gasteiger partial charge in [-0.2, -0.15) is 0 Å². The van der Waals surface area contributed by atoms with Crippen molar-refractivity contribution in [3.63, 3.8) is 0 Å². The van der Waals surface area contributed by atoms with Crippen LogP contribution >= 0.6 is 0 Å². The lowest BCUT2D eigenvalue weighted by atomic mass is 9.99. The Bertz CT molecular complexity index is 668. The van der Waals surface area contributed by atoms with Gasteiger partial charge in [0.05, 0.1) is 0 Å². The molecule has 5 nitrogen and oxygen atoms in total. The van der Waals surface area contributed by atoms with Crippen LogP contribution in [0, 0.1) is 5.92 Å². The van der Waals surface area contributed by atoms with Gasteiger partial charge in [-0.15, -0.1) is 0 Å². The Kier molecular flexibility index (Phi) is 4.95. The first-order valence-corrected chi connectivity index (χ1v) is 8.82. The third-order valence-corrected chi connectivity index (χ3v) is 4.55. The van der Waals surface area contributed by atoms with Crippen LogP contribution in [0.1, 0.15) is 44.7 Å². The van der Waals surface area contributed by atoms with Crippen LogP contribution in [0.15, 0.2) is 29.8 Å². The Morgan fingerprint density at radius 3 is 2.40 bits per heavy atom. The molecule has 0 spiro atoms. The molecule has 1 aromatic rings. The van der Waals surface area contributed by atoms with Crippen LogP contribution < -0.4 is 0 Å². The van der Waals surface area contributed by atoms with Crippen molar-refractivity contribution in [1.29, 1.82) is 0 Å². The summed E-state index contributed by atoms with van der Waals surface area (Å²) >= 11 is 0. The summed E-state index contributed by atoms with van der Waals surface area (Å²) in [6.45, 7) is 8.58. The molecule has 1 aromatic carbocycles. The van der Waals surface area contributed by atoms with Crippen molar-refractivity contribution in [3.05, 3.63) is 41.0 Å². The summed E-state index contributed by atoms with van der Waals surface area (Å²) in [7, 11) is 0. The Labute approximate surface area is 148 Å². The van der Waals surface area contributed by atoms with E-state index in [9.17, 15) is 9.59 Å². The minimum atomic E-state index is -1.21. The zero-order valence-electron chi connectivity index (χ0n) is 15.1. The second-order valence-electron chi connectivity index (χ2n) is 7.46. The number of cyclic esters (lactones) is 2. The lowest BCUT2D eigenvalue weighted by Gasteiger charge is -2.30. The summed E-state index contributed by atoms with van der Waals surface area (Å²) < 4.78 is 10.2. The molecular weight excluding hydrogens is 318 g/mol. The number of piperidine rings is 1. The molecule has 0 N–H and O–H groups in total. The molecule has 134 valence electrons. The van der Waals surface area contributed by atoms with Crippen LogP contribution in [0.2, 0.25) is 0 Å². The summed E-state index contributed by atoms with van der Waals surface area (Å²) in [6, 6.07) is 7.90. The Hall–Kier alpha value is -2.14. The number of ether oxygens (including phenoxy) is 2. The molecular formula is C20H25NO4. The fraction of sp³-hybridized carbons (Fsp3) is 0.500. The van der Waals surface area contributed by atoms with E-state index in [1.807, 2.05) is 24.3 Å². The van der Waals surface area contributed by atoms with E-state index in [1.165, 1.54) is 38.3 Å². The van der Waals surface area contributed by atoms with E-state index in [-0.39, 0.29) is 5.57 Å². The molecule has 2 saturated heterocycles. The zero-order chi connectivity index (χ0) is 18.0. The van der Waals surface area contributed by atoms with Crippen molar-refractivity contribution in [3.8, 4) is 0 Å². The van der Waals surface area contributed by atoms with Crippen LogP contribution in [0.5, 0.6) is 0 Å². The lowest BCUT2D eigenvalue weighted by molar-refractivity contribution is -0.222. The number of carbonyl (C=O) groups excluding carboxylic acids is 2. The third kappa shape index (κ3) is 4.48. The van der Waals surface area contributed by atoms with E-state index in [2.05, 4.69) is 11.8 Å². The summed E-state index contributed by atoms with van der Waals surface area (Å²) in [6.07, 6.45) is 4.09. The summed E-state index contributed by atoms with van der Waals surface area (Å²) in [4.78, 5) is 26.4. The maximum atomic E-state index is 12.0. The van der Waals surface area contributed by atoms with Crippen LogP contribution in [0.4, 0.5) is 0 Å². The minimum absolute atomic E-state index is 0.0723. The minimum Gasteiger partial charge on any atom is -0.419 e. The number of hydrogen-bond donors (Lipinski definition) is 0. The number of esters is 2. The van der Waals surface area contributed by atoms with E-state index < -0.39 is 17.7 Å². The lowest BCUT2D eigenvalue weighted by Crippen LogP contribution is -2.41. The number of nitrogens with zero attached hydrogens (tertiary/aromatic N) is 1. The monoisotopic (exact) mass is 343 g/mol. The number of likely N-dealkylation sites (tertiary alicyclic amines) is 1. The molecule has 0 aromatic heterocycles. The van der Waals surface area contributed by atoms with Gasteiger partial charge in [0.2, 0.25) is 0 Å². The average molecular weight is 343 g/mol. The molecule has 0 radical (unpaired) electrons. The first-order chi connectivity index (χ1) is 11.8. The molecule has 1 unspecified atom stereocenters. The van der Waals surface area contributed by atoms with Crippen molar-refractivity contribution in [2.24, 2.45) is 5.92 Å². The number of hydrogen-bond acceptors (Lipinski definition) is 5. The van der Waals surface area contributed by atoms with E-state index in [1.54, 1.807) is 0 Å². The van der Waals surface area contributed by atoms with Gasteiger partial charge in [-0.3, -0.25) is 4.90 Å². The smallest absolute Gasteiger partial charge is 0.348 e. The molecule has 0 bridgehead atoms. The average Bonchev–Trinajstić information content (AvgIpc) is 2.52. The first-order valence-electron chi connectivity index (χ1n) is 8.82. The van der Waals surface area contributed by atoms with Gasteiger partial charge in [0.25, 0.3) is 5.79 Å². The van der Waals surface area contributed by atoms with Crippen molar-refractivity contribution in [1.82, 2.24) is 4.90 Å². The van der Waals surface area contributed by atoms with Crippen LogP contribution in [0.25, 0.3) is 6.08 Å². The maximum Gasteiger partial charge on any atom is 0.348 e. The molecule has 2 aliphatic rings. The van der Waals surface area contributed by atoms with Gasteiger partial charge in [-0.25, -0.2) is 9.59 Å². The van der Waals surface area contributed by atoms with Gasteiger partial charge in [-0.05, 0) is 42.5 Å². The van der Waals surface area contributed by atoms with Crippen molar-refractivity contribution >= 4 is 18.0 Å². The number of rotatable bonds is 3. The predicted octanol–water partition coefficient (Wildman–Crippen LogP) is 3.14. The highest BCUT2D eigenvalue weighted by molar-refractivity contribution is 6.18.